The Hall–Kier alpha value is -2.36. The summed E-state index contributed by atoms with van der Waals surface area (Å²) >= 11 is 0. The van der Waals surface area contributed by atoms with Gasteiger partial charge < -0.3 is 5.21 Å². The van der Waals surface area contributed by atoms with Crippen molar-refractivity contribution in [2.45, 2.75) is 5.16 Å². The molecular weight excluding hydrogens is 264 g/mol. The number of nitro benzene ring substituents is 1. The van der Waals surface area contributed by atoms with Crippen LogP contribution in [0.15, 0.2) is 23.4 Å². The highest BCUT2D eigenvalue weighted by Gasteiger charge is 2.20. The number of nitro groups is 1. The Morgan fingerprint density at radius 3 is 2.61 bits per heavy atom. The zero-order chi connectivity index (χ0) is 13.5. The molecule has 0 N–H and O–H groups in total. The van der Waals surface area contributed by atoms with Gasteiger partial charge in [0.2, 0.25) is 9.84 Å². The maximum Gasteiger partial charge on any atom is 0.314 e. The van der Waals surface area contributed by atoms with Gasteiger partial charge in [-0.3, -0.25) is 10.1 Å². The molecule has 0 spiro atoms. The van der Waals surface area contributed by atoms with E-state index in [2.05, 4.69) is 10.1 Å². The minimum absolute atomic E-state index is 0.00567. The van der Waals surface area contributed by atoms with Gasteiger partial charge >= 0.3 is 5.16 Å². The van der Waals surface area contributed by atoms with Crippen molar-refractivity contribution in [3.05, 3.63) is 33.5 Å². The fraction of sp³-hybridized carbons (Fsp3) is 0.125. The quantitative estimate of drug-likeness (QED) is 0.313. The molecule has 18 heavy (non-hydrogen) atoms. The van der Waals surface area contributed by atoms with Gasteiger partial charge in [-0.1, -0.05) is 0 Å². The number of nitrogens with zero attached hydrogens (tertiary/aromatic N) is 4. The van der Waals surface area contributed by atoms with E-state index in [1.54, 1.807) is 0 Å². The van der Waals surface area contributed by atoms with Crippen molar-refractivity contribution < 1.29 is 18.2 Å². The van der Waals surface area contributed by atoms with Crippen LogP contribution in [0.3, 0.4) is 0 Å². The Bertz CT molecular complexity index is 757. The molecule has 0 fully saturated rings. The third-order valence-electron chi connectivity index (χ3n) is 2.10. The van der Waals surface area contributed by atoms with E-state index in [1.165, 1.54) is 6.07 Å². The molecule has 0 amide bonds. The van der Waals surface area contributed by atoms with Gasteiger partial charge in [0.05, 0.1) is 11.0 Å². The Labute approximate surface area is 100 Å². The Morgan fingerprint density at radius 2 is 2.06 bits per heavy atom. The second-order valence-electron chi connectivity index (χ2n) is 3.47. The minimum Gasteiger partial charge on any atom is -0.594 e. The van der Waals surface area contributed by atoms with E-state index in [-0.39, 0.29) is 21.6 Å². The second-order valence-corrected chi connectivity index (χ2v) is 5.38. The first-order valence-electron chi connectivity index (χ1n) is 4.55. The lowest BCUT2D eigenvalue weighted by molar-refractivity contribution is -0.647. The molecule has 10 heteroatoms. The molecule has 0 aliphatic rings. The van der Waals surface area contributed by atoms with Crippen LogP contribution in [0.1, 0.15) is 0 Å². The van der Waals surface area contributed by atoms with Crippen molar-refractivity contribution >= 4 is 26.6 Å². The predicted octanol–water partition coefficient (Wildman–Crippen LogP) is -0.425. The maximum absolute atomic E-state index is 11.5. The van der Waals surface area contributed by atoms with Crippen molar-refractivity contribution in [3.63, 3.8) is 0 Å². The molecule has 94 valence electrons. The number of aromatic nitrogens is 3. The molecule has 0 aliphatic carbocycles. The Kier molecular flexibility index (Phi) is 2.58. The maximum atomic E-state index is 11.5. The summed E-state index contributed by atoms with van der Waals surface area (Å²) in [6, 6.07) is 3.30. The van der Waals surface area contributed by atoms with Crippen molar-refractivity contribution in [1.82, 2.24) is 10.1 Å². The van der Waals surface area contributed by atoms with Gasteiger partial charge in [-0.25, -0.2) is 13.4 Å². The molecule has 0 unspecified atom stereocenters. The summed E-state index contributed by atoms with van der Waals surface area (Å²) in [5.74, 6) is 0. The highest BCUT2D eigenvalue weighted by atomic mass is 32.2. The zero-order valence-electron chi connectivity index (χ0n) is 8.97. The number of sulfone groups is 1. The molecule has 0 bridgehead atoms. The van der Waals surface area contributed by atoms with Gasteiger partial charge in [-0.05, 0) is 10.9 Å². The SMILES string of the molecule is CS(=O)(=O)c1nc2ccc([N+](=O)[O-])cc2[n+]([O-])n1. The van der Waals surface area contributed by atoms with Crippen LogP contribution in [0.25, 0.3) is 11.0 Å². The van der Waals surface area contributed by atoms with Crippen LogP contribution >= 0.6 is 0 Å². The summed E-state index contributed by atoms with van der Waals surface area (Å²) < 4.78 is 22.4. The molecule has 2 aromatic rings. The van der Waals surface area contributed by atoms with Crippen LogP contribution in [0.2, 0.25) is 0 Å². The predicted molar refractivity (Wildman–Crippen MR) is 58.3 cm³/mol. The summed E-state index contributed by atoms with van der Waals surface area (Å²) in [4.78, 5) is 13.5. The number of hydrogen-bond donors (Lipinski definition) is 0. The fourth-order valence-corrected chi connectivity index (χ4v) is 1.77. The minimum atomic E-state index is -3.72. The van der Waals surface area contributed by atoms with Crippen LogP contribution in [-0.2, 0) is 9.84 Å². The summed E-state index contributed by atoms with van der Waals surface area (Å²) in [6.07, 6.45) is 0.861. The largest absolute Gasteiger partial charge is 0.594 e. The molecule has 9 nitrogen and oxygen atoms in total. The smallest absolute Gasteiger partial charge is 0.314 e. The third kappa shape index (κ3) is 2.05. The topological polar surface area (TPSA) is 130 Å². The van der Waals surface area contributed by atoms with Crippen molar-refractivity contribution in [2.75, 3.05) is 6.26 Å². The lowest BCUT2D eigenvalue weighted by atomic mass is 10.3. The van der Waals surface area contributed by atoms with E-state index >= 15 is 0 Å². The fourth-order valence-electron chi connectivity index (χ4n) is 1.29. The highest BCUT2D eigenvalue weighted by Crippen LogP contribution is 2.16. The molecule has 0 saturated carbocycles. The average Bonchev–Trinajstić information content (AvgIpc) is 2.27. The molecule has 0 radical (unpaired) electrons. The van der Waals surface area contributed by atoms with Crippen molar-refractivity contribution in [2.24, 2.45) is 0 Å². The first-order chi connectivity index (χ1) is 8.29. The second kappa shape index (κ2) is 3.84. The molecule has 2 rings (SSSR count). The van der Waals surface area contributed by atoms with Gasteiger partial charge in [-0.15, -0.1) is 0 Å². The first-order valence-corrected chi connectivity index (χ1v) is 6.44. The molecule has 0 atom stereocenters. The lowest BCUT2D eigenvalue weighted by Crippen LogP contribution is -2.34. The normalized spacial score (nSPS) is 11.6. The molecule has 1 aromatic heterocycles. The monoisotopic (exact) mass is 270 g/mol. The molecule has 1 aromatic carbocycles. The summed E-state index contributed by atoms with van der Waals surface area (Å²) in [5.41, 5.74) is -0.453. The molecule has 0 aliphatic heterocycles. The van der Waals surface area contributed by atoms with Gasteiger partial charge in [0.1, 0.15) is 5.52 Å². The number of fused-ring (bicyclic) bond motifs is 1. The van der Waals surface area contributed by atoms with Gasteiger partial charge in [0, 0.05) is 17.4 Å². The van der Waals surface area contributed by atoms with Crippen LogP contribution < -0.4 is 4.85 Å². The summed E-state index contributed by atoms with van der Waals surface area (Å²) in [7, 11) is -3.72. The van der Waals surface area contributed by atoms with Crippen LogP contribution in [0, 0.1) is 15.3 Å². The molecular formula is C8H6N4O5S. The van der Waals surface area contributed by atoms with E-state index in [4.69, 9.17) is 0 Å². The van der Waals surface area contributed by atoms with E-state index in [0.717, 1.165) is 18.4 Å². The average molecular weight is 270 g/mol. The Morgan fingerprint density at radius 1 is 1.39 bits per heavy atom. The third-order valence-corrected chi connectivity index (χ3v) is 2.94. The van der Waals surface area contributed by atoms with Crippen LogP contribution in [0.5, 0.6) is 0 Å². The van der Waals surface area contributed by atoms with E-state index in [9.17, 15) is 23.7 Å². The Balaban J connectivity index is 2.78. The van der Waals surface area contributed by atoms with Crippen molar-refractivity contribution in [1.29, 1.82) is 0 Å². The van der Waals surface area contributed by atoms with Gasteiger partial charge in [0.15, 0.2) is 0 Å². The van der Waals surface area contributed by atoms with Crippen LogP contribution in [-0.4, -0.2) is 29.7 Å². The lowest BCUT2D eigenvalue weighted by Gasteiger charge is -2.00. The highest BCUT2D eigenvalue weighted by molar-refractivity contribution is 7.90. The first kappa shape index (κ1) is 12.1. The number of non-ortho nitro benzene ring substituents is 1. The number of hydrogen-bond acceptors (Lipinski definition) is 7. The molecule has 1 heterocycles. The number of rotatable bonds is 2. The van der Waals surface area contributed by atoms with Crippen molar-refractivity contribution in [3.8, 4) is 0 Å². The van der Waals surface area contributed by atoms with E-state index in [1.807, 2.05) is 0 Å². The molecule has 0 saturated heterocycles. The van der Waals surface area contributed by atoms with Gasteiger partial charge in [-0.2, -0.15) is 0 Å². The number of benzene rings is 1. The summed E-state index contributed by atoms with van der Waals surface area (Å²) in [6.45, 7) is 0. The van der Waals surface area contributed by atoms with Gasteiger partial charge in [0.25, 0.3) is 11.2 Å². The zero-order valence-corrected chi connectivity index (χ0v) is 9.79. The van der Waals surface area contributed by atoms with Crippen LogP contribution in [0.4, 0.5) is 5.69 Å². The van der Waals surface area contributed by atoms with E-state index < -0.39 is 19.9 Å². The standard InChI is InChI=1S/C8H6N4O5S/c1-18(16,17)8-9-6-3-2-5(12(14)15)4-7(6)11(13)10-8/h2-4H,1H3. The summed E-state index contributed by atoms with van der Waals surface area (Å²) in [5, 5.41) is 24.6. The van der Waals surface area contributed by atoms with E-state index in [0.29, 0.717) is 0 Å².